The van der Waals surface area contributed by atoms with Crippen LogP contribution < -0.4 is 0 Å². The van der Waals surface area contributed by atoms with E-state index >= 15 is 0 Å². The van der Waals surface area contributed by atoms with E-state index in [0.29, 0.717) is 5.69 Å². The number of carbonyl (C=O) groups excluding carboxylic acids is 1. The summed E-state index contributed by atoms with van der Waals surface area (Å²) in [6, 6.07) is 1.87. The van der Waals surface area contributed by atoms with Crippen molar-refractivity contribution < 1.29 is 9.21 Å². The largest absolute Gasteiger partial charge is 0.438 e. The lowest BCUT2D eigenvalue weighted by Crippen LogP contribution is -2.27. The second-order valence-electron chi connectivity index (χ2n) is 2.59. The third kappa shape index (κ3) is 1.85. The first-order valence-electron chi connectivity index (χ1n) is 3.69. The first-order valence-corrected chi connectivity index (χ1v) is 3.69. The lowest BCUT2D eigenvalue weighted by atomic mass is 10.3. The topological polar surface area (TPSA) is 70.1 Å². The van der Waals surface area contributed by atoms with Gasteiger partial charge in [0.25, 0.3) is 5.91 Å². The van der Waals surface area contributed by atoms with Gasteiger partial charge in [0.15, 0.2) is 6.39 Å². The maximum absolute atomic E-state index is 11.5. The van der Waals surface area contributed by atoms with E-state index in [9.17, 15) is 4.79 Å². The van der Waals surface area contributed by atoms with Gasteiger partial charge in [0.05, 0.1) is 11.8 Å². The van der Waals surface area contributed by atoms with E-state index in [0.717, 1.165) is 0 Å². The Morgan fingerprint density at radius 3 is 3.00 bits per heavy atom. The molecule has 1 heterocycles. The van der Waals surface area contributed by atoms with Gasteiger partial charge in [-0.1, -0.05) is 0 Å². The zero-order chi connectivity index (χ0) is 9.84. The van der Waals surface area contributed by atoms with Crippen LogP contribution in [-0.2, 0) is 0 Å². The molecule has 5 heteroatoms. The van der Waals surface area contributed by atoms with Gasteiger partial charge in [-0.3, -0.25) is 4.79 Å². The fourth-order valence-corrected chi connectivity index (χ4v) is 0.858. The van der Waals surface area contributed by atoms with Crippen LogP contribution in [0.15, 0.2) is 10.8 Å². The van der Waals surface area contributed by atoms with Crippen molar-refractivity contribution in [2.75, 3.05) is 13.6 Å². The van der Waals surface area contributed by atoms with Crippen LogP contribution in [0.1, 0.15) is 16.2 Å². The summed E-state index contributed by atoms with van der Waals surface area (Å²) in [5.41, 5.74) is 0.537. The molecule has 13 heavy (non-hydrogen) atoms. The maximum atomic E-state index is 11.5. The number of carbonyl (C=O) groups is 1. The first kappa shape index (κ1) is 9.26. The van der Waals surface area contributed by atoms with Gasteiger partial charge in [-0.2, -0.15) is 5.26 Å². The molecule has 0 spiro atoms. The molecule has 1 aromatic rings. The molecule has 1 amide bonds. The van der Waals surface area contributed by atoms with Crippen molar-refractivity contribution in [1.82, 2.24) is 9.88 Å². The first-order chi connectivity index (χ1) is 6.16. The number of rotatable bonds is 2. The molecule has 0 unspecified atom stereocenters. The molecule has 1 aromatic heterocycles. The number of nitriles is 1. The Kier molecular flexibility index (Phi) is 2.65. The molecular formula is C8H9N3O2. The quantitative estimate of drug-likeness (QED) is 0.622. The van der Waals surface area contributed by atoms with Crippen LogP contribution in [-0.4, -0.2) is 29.4 Å². The third-order valence-corrected chi connectivity index (χ3v) is 1.59. The monoisotopic (exact) mass is 179 g/mol. The zero-order valence-electron chi connectivity index (χ0n) is 7.44. The normalized spacial score (nSPS) is 9.31. The Balaban J connectivity index is 2.81. The van der Waals surface area contributed by atoms with Gasteiger partial charge in [0.2, 0.25) is 5.76 Å². The van der Waals surface area contributed by atoms with Gasteiger partial charge >= 0.3 is 0 Å². The summed E-state index contributed by atoms with van der Waals surface area (Å²) in [5.74, 6) is -0.130. The van der Waals surface area contributed by atoms with Crippen LogP contribution in [0, 0.1) is 18.3 Å². The second kappa shape index (κ2) is 3.72. The summed E-state index contributed by atoms with van der Waals surface area (Å²) in [4.78, 5) is 16.5. The van der Waals surface area contributed by atoms with Crippen molar-refractivity contribution in [3.63, 3.8) is 0 Å². The van der Waals surface area contributed by atoms with Crippen molar-refractivity contribution >= 4 is 5.91 Å². The summed E-state index contributed by atoms with van der Waals surface area (Å²) in [6.07, 6.45) is 1.21. The molecule has 0 radical (unpaired) electrons. The van der Waals surface area contributed by atoms with Crippen LogP contribution in [0.2, 0.25) is 0 Å². The summed E-state index contributed by atoms with van der Waals surface area (Å²) in [7, 11) is 1.54. The number of aryl methyl sites for hydroxylation is 1. The highest BCUT2D eigenvalue weighted by Crippen LogP contribution is 2.07. The molecule has 0 aromatic carbocycles. The minimum atomic E-state index is -0.323. The molecule has 5 nitrogen and oxygen atoms in total. The van der Waals surface area contributed by atoms with E-state index in [1.54, 1.807) is 6.92 Å². The number of amides is 1. The summed E-state index contributed by atoms with van der Waals surface area (Å²) < 4.78 is 4.88. The molecule has 0 fully saturated rings. The minimum Gasteiger partial charge on any atom is -0.438 e. The molecule has 0 saturated carbocycles. The molecule has 0 saturated heterocycles. The van der Waals surface area contributed by atoms with Crippen LogP contribution in [0.4, 0.5) is 0 Å². The highest BCUT2D eigenvalue weighted by Gasteiger charge is 2.17. The predicted octanol–water partition coefficient (Wildman–Crippen LogP) is 0.579. The Morgan fingerprint density at radius 1 is 1.85 bits per heavy atom. The van der Waals surface area contributed by atoms with Crippen molar-refractivity contribution in [1.29, 1.82) is 5.26 Å². The lowest BCUT2D eigenvalue weighted by molar-refractivity contribution is 0.0780. The van der Waals surface area contributed by atoms with Crippen molar-refractivity contribution in [3.05, 3.63) is 17.8 Å². The van der Waals surface area contributed by atoms with Crippen LogP contribution in [0.3, 0.4) is 0 Å². The molecule has 0 N–H and O–H groups in total. The van der Waals surface area contributed by atoms with Crippen LogP contribution >= 0.6 is 0 Å². The van der Waals surface area contributed by atoms with Gasteiger partial charge < -0.3 is 9.32 Å². The SMILES string of the molecule is Cc1ncoc1C(=O)N(C)CC#N. The summed E-state index contributed by atoms with van der Waals surface area (Å²) in [5, 5.41) is 8.36. The van der Waals surface area contributed by atoms with Crippen molar-refractivity contribution in [3.8, 4) is 6.07 Å². The highest BCUT2D eigenvalue weighted by molar-refractivity contribution is 5.92. The van der Waals surface area contributed by atoms with Crippen LogP contribution in [0.25, 0.3) is 0 Å². The molecule has 1 rings (SSSR count). The van der Waals surface area contributed by atoms with Crippen LogP contribution in [0.5, 0.6) is 0 Å². The Labute approximate surface area is 75.6 Å². The number of aromatic nitrogens is 1. The van der Waals surface area contributed by atoms with Gasteiger partial charge in [-0.15, -0.1) is 0 Å². The Morgan fingerprint density at radius 2 is 2.54 bits per heavy atom. The number of nitrogens with zero attached hydrogens (tertiary/aromatic N) is 3. The molecule has 0 aliphatic carbocycles. The van der Waals surface area contributed by atoms with Crippen molar-refractivity contribution in [2.45, 2.75) is 6.92 Å². The summed E-state index contributed by atoms with van der Waals surface area (Å²) >= 11 is 0. The highest BCUT2D eigenvalue weighted by atomic mass is 16.3. The van der Waals surface area contributed by atoms with E-state index in [4.69, 9.17) is 9.68 Å². The molecule has 0 bridgehead atoms. The average Bonchev–Trinajstić information content (AvgIpc) is 2.50. The zero-order valence-corrected chi connectivity index (χ0v) is 7.44. The molecule has 68 valence electrons. The minimum absolute atomic E-state index is 0.0406. The Hall–Kier alpha value is -1.83. The molecule has 0 aliphatic heterocycles. The van der Waals surface area contributed by atoms with Gasteiger partial charge in [-0.05, 0) is 6.92 Å². The third-order valence-electron chi connectivity index (χ3n) is 1.59. The van der Waals surface area contributed by atoms with Gasteiger partial charge in [-0.25, -0.2) is 4.98 Å². The molecular weight excluding hydrogens is 170 g/mol. The fraction of sp³-hybridized carbons (Fsp3) is 0.375. The lowest BCUT2D eigenvalue weighted by Gasteiger charge is -2.10. The molecule has 0 aliphatic rings. The van der Waals surface area contributed by atoms with E-state index in [-0.39, 0.29) is 18.2 Å². The smallest absolute Gasteiger partial charge is 0.292 e. The maximum Gasteiger partial charge on any atom is 0.292 e. The number of hydrogen-bond donors (Lipinski definition) is 0. The van der Waals surface area contributed by atoms with Gasteiger partial charge in [0.1, 0.15) is 6.54 Å². The average molecular weight is 179 g/mol. The van der Waals surface area contributed by atoms with Gasteiger partial charge in [0, 0.05) is 7.05 Å². The second-order valence-corrected chi connectivity index (χ2v) is 2.59. The molecule has 0 atom stereocenters. The van der Waals surface area contributed by atoms with E-state index in [2.05, 4.69) is 4.98 Å². The van der Waals surface area contributed by atoms with E-state index in [1.165, 1.54) is 18.3 Å². The number of hydrogen-bond acceptors (Lipinski definition) is 4. The van der Waals surface area contributed by atoms with E-state index < -0.39 is 0 Å². The standard InChI is InChI=1S/C8H9N3O2/c1-6-7(13-5-10-6)8(12)11(2)4-3-9/h5H,4H2,1-2H3. The Bertz CT molecular complexity index is 351. The van der Waals surface area contributed by atoms with Crippen molar-refractivity contribution in [2.24, 2.45) is 0 Å². The number of oxazole rings is 1. The predicted molar refractivity (Wildman–Crippen MR) is 43.8 cm³/mol. The summed E-state index contributed by atoms with van der Waals surface area (Å²) in [6.45, 7) is 1.72. The van der Waals surface area contributed by atoms with E-state index in [1.807, 2.05) is 6.07 Å². The fourth-order valence-electron chi connectivity index (χ4n) is 0.858.